The number of rotatable bonds is 5. The highest BCUT2D eigenvalue weighted by Crippen LogP contribution is 2.30. The highest BCUT2D eigenvalue weighted by Gasteiger charge is 2.38. The van der Waals surface area contributed by atoms with E-state index < -0.39 is 0 Å². The van der Waals surface area contributed by atoms with Crippen LogP contribution in [-0.4, -0.2) is 92.7 Å². The molecule has 1 aliphatic carbocycles. The highest BCUT2D eigenvalue weighted by molar-refractivity contribution is 5.96. The summed E-state index contributed by atoms with van der Waals surface area (Å²) < 4.78 is 15.5. The molecule has 10 heteroatoms. The summed E-state index contributed by atoms with van der Waals surface area (Å²) >= 11 is 0. The zero-order chi connectivity index (χ0) is 23.1. The summed E-state index contributed by atoms with van der Waals surface area (Å²) in [6, 6.07) is 3.01. The first-order chi connectivity index (χ1) is 15.5. The van der Waals surface area contributed by atoms with Crippen molar-refractivity contribution >= 4 is 17.7 Å². The third-order valence-electron chi connectivity index (χ3n) is 6.10. The predicted molar refractivity (Wildman–Crippen MR) is 116 cm³/mol. The molecule has 176 valence electrons. The lowest BCUT2D eigenvalue weighted by Gasteiger charge is -2.41. The molecule has 2 heterocycles. The van der Waals surface area contributed by atoms with Gasteiger partial charge in [-0.2, -0.15) is 4.98 Å². The predicted octanol–water partition coefficient (Wildman–Crippen LogP) is 0.705. The SMILES string of the molecule is COCC(=O)N1CCN(C(=O)c2ccc(OC)nc2OC)CCNC(=O)C2CCCCC21. The smallest absolute Gasteiger partial charge is 0.259 e. The molecule has 1 aromatic heterocycles. The van der Waals surface area contributed by atoms with Gasteiger partial charge in [0, 0.05) is 45.4 Å². The summed E-state index contributed by atoms with van der Waals surface area (Å²) in [4.78, 5) is 46.6. The van der Waals surface area contributed by atoms with Gasteiger partial charge in [-0.1, -0.05) is 12.8 Å². The van der Waals surface area contributed by atoms with Gasteiger partial charge >= 0.3 is 0 Å². The first kappa shape index (κ1) is 23.8. The van der Waals surface area contributed by atoms with Crippen LogP contribution in [0.5, 0.6) is 11.8 Å². The summed E-state index contributed by atoms with van der Waals surface area (Å²) in [5.74, 6) is -0.262. The number of pyridine rings is 1. The second kappa shape index (κ2) is 11.1. The van der Waals surface area contributed by atoms with Gasteiger partial charge in [-0.25, -0.2) is 0 Å². The van der Waals surface area contributed by atoms with E-state index in [1.54, 1.807) is 21.9 Å². The van der Waals surface area contributed by atoms with Crippen LogP contribution >= 0.6 is 0 Å². The van der Waals surface area contributed by atoms with Gasteiger partial charge < -0.3 is 29.3 Å². The van der Waals surface area contributed by atoms with Gasteiger partial charge in [0.1, 0.15) is 12.2 Å². The molecule has 32 heavy (non-hydrogen) atoms. The van der Waals surface area contributed by atoms with Crippen molar-refractivity contribution in [1.29, 1.82) is 0 Å². The molecule has 1 saturated carbocycles. The third-order valence-corrected chi connectivity index (χ3v) is 6.10. The third kappa shape index (κ3) is 5.29. The Morgan fingerprint density at radius 3 is 2.59 bits per heavy atom. The number of aromatic nitrogens is 1. The Hall–Kier alpha value is -2.88. The maximum Gasteiger partial charge on any atom is 0.259 e. The van der Waals surface area contributed by atoms with Crippen LogP contribution in [-0.2, 0) is 14.3 Å². The molecule has 1 aromatic rings. The number of methoxy groups -OCH3 is 3. The lowest BCUT2D eigenvalue weighted by atomic mass is 9.82. The summed E-state index contributed by atoms with van der Waals surface area (Å²) in [6.07, 6.45) is 3.45. The molecule has 2 unspecified atom stereocenters. The molecular formula is C22H32N4O6. The molecule has 0 bridgehead atoms. The molecule has 3 rings (SSSR count). The largest absolute Gasteiger partial charge is 0.481 e. The van der Waals surface area contributed by atoms with Gasteiger partial charge in [0.25, 0.3) is 5.91 Å². The zero-order valence-electron chi connectivity index (χ0n) is 19.0. The van der Waals surface area contributed by atoms with Gasteiger partial charge in [0.05, 0.1) is 20.1 Å². The number of carbonyl (C=O) groups is 3. The van der Waals surface area contributed by atoms with Gasteiger partial charge in [-0.3, -0.25) is 14.4 Å². The van der Waals surface area contributed by atoms with Crippen LogP contribution < -0.4 is 14.8 Å². The fourth-order valence-corrected chi connectivity index (χ4v) is 4.49. The number of carbonyl (C=O) groups excluding carboxylic acids is 3. The van der Waals surface area contributed by atoms with Crippen LogP contribution in [0.15, 0.2) is 12.1 Å². The lowest BCUT2D eigenvalue weighted by molar-refractivity contribution is -0.142. The van der Waals surface area contributed by atoms with Crippen LogP contribution in [0.2, 0.25) is 0 Å². The van der Waals surface area contributed by atoms with E-state index in [4.69, 9.17) is 14.2 Å². The van der Waals surface area contributed by atoms with Crippen LogP contribution in [0, 0.1) is 5.92 Å². The van der Waals surface area contributed by atoms with Crippen molar-refractivity contribution in [2.24, 2.45) is 5.92 Å². The molecule has 2 atom stereocenters. The maximum atomic E-state index is 13.3. The van der Waals surface area contributed by atoms with Crippen molar-refractivity contribution in [2.75, 3.05) is 54.1 Å². The van der Waals surface area contributed by atoms with Crippen LogP contribution in [0.25, 0.3) is 0 Å². The number of nitrogens with one attached hydrogen (secondary N) is 1. The minimum Gasteiger partial charge on any atom is -0.481 e. The number of nitrogens with zero attached hydrogens (tertiary/aromatic N) is 3. The first-order valence-corrected chi connectivity index (χ1v) is 10.9. The Kier molecular flexibility index (Phi) is 8.26. The average molecular weight is 449 g/mol. The fraction of sp³-hybridized carbons (Fsp3) is 0.636. The highest BCUT2D eigenvalue weighted by atomic mass is 16.5. The number of fused-ring (bicyclic) bond motifs is 1. The van der Waals surface area contributed by atoms with Crippen molar-refractivity contribution in [3.05, 3.63) is 17.7 Å². The van der Waals surface area contributed by atoms with E-state index in [-0.39, 0.29) is 42.2 Å². The number of ether oxygens (including phenoxy) is 3. The standard InChI is InChI=1S/C22H32N4O6/c1-30-14-19(27)26-13-12-25(11-10-23-20(28)15-6-4-5-7-17(15)26)22(29)16-8-9-18(31-2)24-21(16)32-3/h8-9,15,17H,4-7,10-14H2,1-3H3,(H,23,28). The van der Waals surface area contributed by atoms with Crippen molar-refractivity contribution in [1.82, 2.24) is 20.1 Å². The van der Waals surface area contributed by atoms with Crippen molar-refractivity contribution < 1.29 is 28.6 Å². The topological polar surface area (TPSA) is 110 Å². The molecule has 0 spiro atoms. The van der Waals surface area contributed by atoms with E-state index in [2.05, 4.69) is 10.3 Å². The fourth-order valence-electron chi connectivity index (χ4n) is 4.49. The monoisotopic (exact) mass is 448 g/mol. The summed E-state index contributed by atoms with van der Waals surface area (Å²) in [7, 11) is 4.40. The molecule has 0 aromatic carbocycles. The van der Waals surface area contributed by atoms with Gasteiger partial charge in [-0.15, -0.1) is 0 Å². The quantitative estimate of drug-likeness (QED) is 0.706. The Balaban J connectivity index is 1.86. The molecule has 2 aliphatic rings. The minimum atomic E-state index is -0.286. The Labute approximate surface area is 188 Å². The number of amides is 3. The van der Waals surface area contributed by atoms with E-state index in [0.717, 1.165) is 25.7 Å². The molecule has 0 radical (unpaired) electrons. The van der Waals surface area contributed by atoms with Crippen molar-refractivity contribution in [2.45, 2.75) is 31.7 Å². The zero-order valence-corrected chi connectivity index (χ0v) is 19.0. The second-order valence-electron chi connectivity index (χ2n) is 7.97. The van der Waals surface area contributed by atoms with Gasteiger partial charge in [0.2, 0.25) is 23.6 Å². The van der Waals surface area contributed by atoms with Gasteiger partial charge in [0.15, 0.2) is 0 Å². The summed E-state index contributed by atoms with van der Waals surface area (Å²) in [6.45, 7) is 1.24. The lowest BCUT2D eigenvalue weighted by Crippen LogP contribution is -2.56. The summed E-state index contributed by atoms with van der Waals surface area (Å²) in [5.41, 5.74) is 0.294. The molecule has 2 fully saturated rings. The number of hydrogen-bond donors (Lipinski definition) is 1. The molecule has 1 N–H and O–H groups in total. The van der Waals surface area contributed by atoms with Crippen LogP contribution in [0.4, 0.5) is 0 Å². The van der Waals surface area contributed by atoms with Crippen molar-refractivity contribution in [3.8, 4) is 11.8 Å². The Morgan fingerprint density at radius 1 is 1.09 bits per heavy atom. The van der Waals surface area contributed by atoms with Gasteiger partial charge in [-0.05, 0) is 18.9 Å². The molecule has 1 aliphatic heterocycles. The van der Waals surface area contributed by atoms with Crippen molar-refractivity contribution in [3.63, 3.8) is 0 Å². The van der Waals surface area contributed by atoms with E-state index in [1.807, 2.05) is 0 Å². The second-order valence-corrected chi connectivity index (χ2v) is 7.97. The van der Waals surface area contributed by atoms with E-state index in [1.165, 1.54) is 21.3 Å². The first-order valence-electron chi connectivity index (χ1n) is 10.9. The van der Waals surface area contributed by atoms with Crippen LogP contribution in [0.3, 0.4) is 0 Å². The van der Waals surface area contributed by atoms with E-state index >= 15 is 0 Å². The average Bonchev–Trinajstić information content (AvgIpc) is 2.82. The molecule has 3 amide bonds. The summed E-state index contributed by atoms with van der Waals surface area (Å²) in [5, 5.41) is 2.96. The van der Waals surface area contributed by atoms with Crippen LogP contribution in [0.1, 0.15) is 36.0 Å². The number of hydrogen-bond acceptors (Lipinski definition) is 7. The normalized spacial score (nSPS) is 21.9. The Bertz CT molecular complexity index is 833. The maximum absolute atomic E-state index is 13.3. The molecule has 10 nitrogen and oxygen atoms in total. The molecular weight excluding hydrogens is 416 g/mol. The molecule has 1 saturated heterocycles. The Morgan fingerprint density at radius 2 is 1.88 bits per heavy atom. The minimum absolute atomic E-state index is 0.0605. The van der Waals surface area contributed by atoms with E-state index in [9.17, 15) is 14.4 Å². The van der Waals surface area contributed by atoms with E-state index in [0.29, 0.717) is 37.6 Å².